The zero-order chi connectivity index (χ0) is 14.0. The second-order valence-electron chi connectivity index (χ2n) is 4.13. The van der Waals surface area contributed by atoms with E-state index in [-0.39, 0.29) is 10.7 Å². The fraction of sp³-hybridized carbons (Fsp3) is 0.143. The van der Waals surface area contributed by atoms with E-state index in [9.17, 15) is 13.2 Å². The number of benzene rings is 2. The molecule has 0 bridgehead atoms. The van der Waals surface area contributed by atoms with Gasteiger partial charge >= 0.3 is 0 Å². The van der Waals surface area contributed by atoms with E-state index in [4.69, 9.17) is 11.6 Å². The van der Waals surface area contributed by atoms with Crippen molar-refractivity contribution in [3.63, 3.8) is 0 Å². The molecule has 1 nitrogen and oxygen atoms in total. The van der Waals surface area contributed by atoms with Crippen LogP contribution >= 0.6 is 11.6 Å². The lowest BCUT2D eigenvalue weighted by atomic mass is 10.1. The van der Waals surface area contributed by atoms with Crippen molar-refractivity contribution in [2.75, 3.05) is 5.32 Å². The number of rotatable bonds is 3. The van der Waals surface area contributed by atoms with Gasteiger partial charge in [0.25, 0.3) is 0 Å². The maximum atomic E-state index is 13.6. The summed E-state index contributed by atoms with van der Waals surface area (Å²) in [4.78, 5) is 0. The molecule has 0 spiro atoms. The van der Waals surface area contributed by atoms with Gasteiger partial charge in [0.2, 0.25) is 0 Å². The minimum atomic E-state index is -0.812. The van der Waals surface area contributed by atoms with Gasteiger partial charge in [0.15, 0.2) is 5.82 Å². The summed E-state index contributed by atoms with van der Waals surface area (Å²) in [6, 6.07) is 7.37. The summed E-state index contributed by atoms with van der Waals surface area (Å²) in [5.74, 6) is -1.97. The first-order valence-electron chi connectivity index (χ1n) is 5.64. The second kappa shape index (κ2) is 5.53. The standard InChI is InChI=1S/C14H11ClF3N/c1-8(10-4-2-3-5-12(10)17)19-14-11(15)6-9(16)7-13(14)18/h2-8,19H,1H3. The molecule has 0 aliphatic carbocycles. The number of nitrogens with one attached hydrogen (secondary N) is 1. The second-order valence-corrected chi connectivity index (χ2v) is 4.54. The highest BCUT2D eigenvalue weighted by Crippen LogP contribution is 2.30. The molecule has 0 aromatic heterocycles. The van der Waals surface area contributed by atoms with Crippen molar-refractivity contribution >= 4 is 17.3 Å². The third-order valence-electron chi connectivity index (χ3n) is 2.74. The largest absolute Gasteiger partial charge is 0.375 e. The van der Waals surface area contributed by atoms with Gasteiger partial charge in [-0.15, -0.1) is 0 Å². The molecule has 2 aromatic rings. The van der Waals surface area contributed by atoms with Crippen LogP contribution in [0.15, 0.2) is 36.4 Å². The average Bonchev–Trinajstić information content (AvgIpc) is 2.34. The molecular formula is C14H11ClF3N. The van der Waals surface area contributed by atoms with Gasteiger partial charge in [-0.05, 0) is 19.1 Å². The van der Waals surface area contributed by atoms with E-state index in [2.05, 4.69) is 5.32 Å². The lowest BCUT2D eigenvalue weighted by molar-refractivity contribution is 0.580. The Morgan fingerprint density at radius 3 is 2.37 bits per heavy atom. The Morgan fingerprint density at radius 2 is 1.74 bits per heavy atom. The summed E-state index contributed by atoms with van der Waals surface area (Å²) in [6.07, 6.45) is 0. The van der Waals surface area contributed by atoms with Gasteiger partial charge in [0, 0.05) is 11.6 Å². The molecule has 0 aliphatic heterocycles. The Bertz CT molecular complexity index is 578. The highest BCUT2D eigenvalue weighted by Gasteiger charge is 2.15. The molecule has 1 unspecified atom stereocenters. The maximum absolute atomic E-state index is 13.6. The van der Waals surface area contributed by atoms with Gasteiger partial charge in [0.05, 0.1) is 16.8 Å². The third-order valence-corrected chi connectivity index (χ3v) is 3.04. The first kappa shape index (κ1) is 13.7. The fourth-order valence-corrected chi connectivity index (χ4v) is 2.05. The Balaban J connectivity index is 2.29. The van der Waals surface area contributed by atoms with Crippen LogP contribution in [0.1, 0.15) is 18.5 Å². The van der Waals surface area contributed by atoms with Crippen molar-refractivity contribution in [1.29, 1.82) is 0 Å². The molecular weight excluding hydrogens is 275 g/mol. The first-order chi connectivity index (χ1) is 8.99. The summed E-state index contributed by atoms with van der Waals surface area (Å²) in [5, 5.41) is 2.67. The fourth-order valence-electron chi connectivity index (χ4n) is 1.80. The monoisotopic (exact) mass is 285 g/mol. The average molecular weight is 286 g/mol. The van der Waals surface area contributed by atoms with Gasteiger partial charge in [0.1, 0.15) is 11.6 Å². The zero-order valence-electron chi connectivity index (χ0n) is 10.1. The molecule has 1 N–H and O–H groups in total. The molecule has 0 heterocycles. The number of hydrogen-bond acceptors (Lipinski definition) is 1. The minimum Gasteiger partial charge on any atom is -0.375 e. The van der Waals surface area contributed by atoms with Gasteiger partial charge in [-0.2, -0.15) is 0 Å². The molecule has 19 heavy (non-hydrogen) atoms. The molecule has 2 rings (SSSR count). The summed E-state index contributed by atoms with van der Waals surface area (Å²) in [7, 11) is 0. The quantitative estimate of drug-likeness (QED) is 0.843. The van der Waals surface area contributed by atoms with Crippen molar-refractivity contribution in [3.05, 3.63) is 64.4 Å². The van der Waals surface area contributed by atoms with Crippen LogP contribution in [0.5, 0.6) is 0 Å². The van der Waals surface area contributed by atoms with E-state index in [1.165, 1.54) is 6.07 Å². The molecule has 1 atom stereocenters. The third kappa shape index (κ3) is 3.01. The highest BCUT2D eigenvalue weighted by atomic mass is 35.5. The smallest absolute Gasteiger partial charge is 0.150 e. The van der Waals surface area contributed by atoms with Crippen molar-refractivity contribution in [1.82, 2.24) is 0 Å². The first-order valence-corrected chi connectivity index (χ1v) is 6.02. The zero-order valence-corrected chi connectivity index (χ0v) is 10.8. The summed E-state index contributed by atoms with van der Waals surface area (Å²) < 4.78 is 40.1. The van der Waals surface area contributed by atoms with Gasteiger partial charge in [-0.3, -0.25) is 0 Å². The van der Waals surface area contributed by atoms with E-state index in [0.717, 1.165) is 12.1 Å². The van der Waals surface area contributed by atoms with E-state index in [1.54, 1.807) is 25.1 Å². The summed E-state index contributed by atoms with van der Waals surface area (Å²) in [6.45, 7) is 1.66. The van der Waals surface area contributed by atoms with Crippen LogP contribution < -0.4 is 5.32 Å². The predicted octanol–water partition coefficient (Wildman–Crippen LogP) is 4.93. The van der Waals surface area contributed by atoms with Crippen molar-refractivity contribution < 1.29 is 13.2 Å². The number of hydrogen-bond donors (Lipinski definition) is 1. The summed E-state index contributed by atoms with van der Waals surface area (Å²) >= 11 is 5.77. The van der Waals surface area contributed by atoms with E-state index in [1.807, 2.05) is 0 Å². The highest BCUT2D eigenvalue weighted by molar-refractivity contribution is 6.33. The Morgan fingerprint density at radius 1 is 1.05 bits per heavy atom. The number of halogens is 4. The van der Waals surface area contributed by atoms with E-state index >= 15 is 0 Å². The number of anilines is 1. The van der Waals surface area contributed by atoms with Crippen molar-refractivity contribution in [3.8, 4) is 0 Å². The van der Waals surface area contributed by atoms with Crippen LogP contribution in [0.25, 0.3) is 0 Å². The molecule has 5 heteroatoms. The maximum Gasteiger partial charge on any atom is 0.150 e. The summed E-state index contributed by atoms with van der Waals surface area (Å²) in [5.41, 5.74) is 0.334. The SMILES string of the molecule is CC(Nc1c(F)cc(F)cc1Cl)c1ccccc1F. The topological polar surface area (TPSA) is 12.0 Å². The van der Waals surface area contributed by atoms with Crippen LogP contribution in [0.4, 0.5) is 18.9 Å². The van der Waals surface area contributed by atoms with Gasteiger partial charge < -0.3 is 5.32 Å². The molecule has 0 saturated carbocycles. The molecule has 0 saturated heterocycles. The van der Waals surface area contributed by atoms with Crippen LogP contribution in [0.2, 0.25) is 5.02 Å². The van der Waals surface area contributed by atoms with Crippen molar-refractivity contribution in [2.45, 2.75) is 13.0 Å². The van der Waals surface area contributed by atoms with Crippen molar-refractivity contribution in [2.24, 2.45) is 0 Å². The lowest BCUT2D eigenvalue weighted by Crippen LogP contribution is -2.10. The van der Waals surface area contributed by atoms with Crippen LogP contribution in [0.3, 0.4) is 0 Å². The lowest BCUT2D eigenvalue weighted by Gasteiger charge is -2.18. The Labute approximate surface area is 114 Å². The van der Waals surface area contributed by atoms with E-state index in [0.29, 0.717) is 5.56 Å². The molecule has 0 aliphatic rings. The molecule has 0 amide bonds. The van der Waals surface area contributed by atoms with Crippen LogP contribution in [-0.4, -0.2) is 0 Å². The van der Waals surface area contributed by atoms with E-state index < -0.39 is 23.5 Å². The van der Waals surface area contributed by atoms with Gasteiger partial charge in [-0.25, -0.2) is 13.2 Å². The molecule has 100 valence electrons. The Kier molecular flexibility index (Phi) is 4.00. The van der Waals surface area contributed by atoms with Crippen LogP contribution in [-0.2, 0) is 0 Å². The molecule has 0 fully saturated rings. The normalized spacial score (nSPS) is 12.3. The molecule has 2 aromatic carbocycles. The molecule has 0 radical (unpaired) electrons. The minimum absolute atomic E-state index is 0.0428. The predicted molar refractivity (Wildman–Crippen MR) is 69.8 cm³/mol. The Hall–Kier alpha value is -1.68. The van der Waals surface area contributed by atoms with Gasteiger partial charge in [-0.1, -0.05) is 29.8 Å². The van der Waals surface area contributed by atoms with Crippen LogP contribution in [0, 0.1) is 17.5 Å².